The number of esters is 1. The highest BCUT2D eigenvalue weighted by Gasteiger charge is 2.21. The fourth-order valence-corrected chi connectivity index (χ4v) is 5.88. The molecule has 10 heteroatoms. The predicted molar refractivity (Wildman–Crippen MR) is 168 cm³/mol. The van der Waals surface area contributed by atoms with E-state index in [9.17, 15) is 14.4 Å². The Morgan fingerprint density at radius 2 is 1.67 bits per heavy atom. The molecule has 0 bridgehead atoms. The van der Waals surface area contributed by atoms with Gasteiger partial charge in [-0.15, -0.1) is 22.7 Å². The summed E-state index contributed by atoms with van der Waals surface area (Å²) in [6.45, 7) is 2.66. The van der Waals surface area contributed by atoms with Crippen LogP contribution in [0, 0.1) is 0 Å². The van der Waals surface area contributed by atoms with E-state index in [0.29, 0.717) is 40.1 Å². The van der Waals surface area contributed by atoms with E-state index in [1.807, 2.05) is 84.2 Å². The van der Waals surface area contributed by atoms with Crippen LogP contribution in [0.4, 0.5) is 11.4 Å². The highest BCUT2D eigenvalue weighted by Crippen LogP contribution is 2.40. The Kier molecular flexibility index (Phi) is 9.48. The number of carbonyl (C=O) groups is 3. The lowest BCUT2D eigenvalue weighted by molar-refractivity contribution is -0.140. The SMILES string of the molecule is CCOC(=O)CNc1ccc2sc(C(=O)NCc3cccc(NC(=O)c4cccs4)c3)c(OCc3ccccc3)c2c1. The van der Waals surface area contributed by atoms with Crippen LogP contribution in [0.2, 0.25) is 0 Å². The van der Waals surface area contributed by atoms with Gasteiger partial charge in [-0.2, -0.15) is 0 Å². The molecule has 0 radical (unpaired) electrons. The van der Waals surface area contributed by atoms with Crippen molar-refractivity contribution in [2.75, 3.05) is 23.8 Å². The number of hydrogen-bond donors (Lipinski definition) is 3. The Morgan fingerprint density at radius 3 is 2.45 bits per heavy atom. The van der Waals surface area contributed by atoms with Gasteiger partial charge in [0.1, 0.15) is 18.0 Å². The van der Waals surface area contributed by atoms with Gasteiger partial charge in [0.2, 0.25) is 0 Å². The predicted octanol–water partition coefficient (Wildman–Crippen LogP) is 6.70. The van der Waals surface area contributed by atoms with Crippen LogP contribution in [0.5, 0.6) is 5.75 Å². The van der Waals surface area contributed by atoms with Crippen molar-refractivity contribution in [2.24, 2.45) is 0 Å². The van der Waals surface area contributed by atoms with Crippen molar-refractivity contribution in [3.63, 3.8) is 0 Å². The van der Waals surface area contributed by atoms with Gasteiger partial charge in [0.05, 0.1) is 11.5 Å². The smallest absolute Gasteiger partial charge is 0.325 e. The average molecular weight is 600 g/mol. The zero-order valence-corrected chi connectivity index (χ0v) is 24.5. The second-order valence-corrected chi connectivity index (χ2v) is 11.2. The van der Waals surface area contributed by atoms with Crippen molar-refractivity contribution in [2.45, 2.75) is 20.1 Å². The molecule has 42 heavy (non-hydrogen) atoms. The Bertz CT molecular complexity index is 1680. The first-order valence-corrected chi connectivity index (χ1v) is 15.0. The molecule has 0 fully saturated rings. The second kappa shape index (κ2) is 13.8. The van der Waals surface area contributed by atoms with Crippen LogP contribution in [-0.2, 0) is 22.7 Å². The van der Waals surface area contributed by atoms with Crippen LogP contribution in [0.3, 0.4) is 0 Å². The van der Waals surface area contributed by atoms with E-state index in [1.54, 1.807) is 13.0 Å². The molecule has 5 rings (SSSR count). The molecule has 8 nitrogen and oxygen atoms in total. The number of fused-ring (bicyclic) bond motifs is 1. The van der Waals surface area contributed by atoms with E-state index in [-0.39, 0.29) is 30.9 Å². The molecule has 0 aliphatic carbocycles. The summed E-state index contributed by atoms with van der Waals surface area (Å²) in [7, 11) is 0. The molecule has 0 atom stereocenters. The zero-order valence-electron chi connectivity index (χ0n) is 22.8. The minimum absolute atomic E-state index is 0.0316. The van der Waals surface area contributed by atoms with Gasteiger partial charge in [-0.25, -0.2) is 0 Å². The molecule has 0 saturated heterocycles. The van der Waals surface area contributed by atoms with Crippen LogP contribution in [0.25, 0.3) is 10.1 Å². The van der Waals surface area contributed by atoms with E-state index in [2.05, 4.69) is 16.0 Å². The van der Waals surface area contributed by atoms with Crippen molar-refractivity contribution < 1.29 is 23.9 Å². The average Bonchev–Trinajstić information content (AvgIpc) is 3.67. The molecule has 0 saturated carbocycles. The lowest BCUT2D eigenvalue weighted by atomic mass is 10.2. The summed E-state index contributed by atoms with van der Waals surface area (Å²) in [5, 5.41) is 11.6. The first-order valence-electron chi connectivity index (χ1n) is 13.3. The third-order valence-corrected chi connectivity index (χ3v) is 8.22. The van der Waals surface area contributed by atoms with Crippen LogP contribution >= 0.6 is 22.7 Å². The summed E-state index contributed by atoms with van der Waals surface area (Å²) in [5.41, 5.74) is 3.18. The van der Waals surface area contributed by atoms with Gasteiger partial charge in [-0.05, 0) is 59.8 Å². The molecule has 0 aliphatic heterocycles. The maximum atomic E-state index is 13.5. The first-order chi connectivity index (χ1) is 20.5. The number of hydrogen-bond acceptors (Lipinski definition) is 8. The van der Waals surface area contributed by atoms with E-state index >= 15 is 0 Å². The Balaban J connectivity index is 1.33. The van der Waals surface area contributed by atoms with Crippen LogP contribution in [0.1, 0.15) is 37.4 Å². The Hall–Kier alpha value is -4.67. The molecule has 0 aliphatic rings. The minimum Gasteiger partial charge on any atom is -0.487 e. The number of rotatable bonds is 12. The molecule has 2 heterocycles. The maximum Gasteiger partial charge on any atom is 0.325 e. The topological polar surface area (TPSA) is 106 Å². The van der Waals surface area contributed by atoms with Crippen LogP contribution in [-0.4, -0.2) is 30.9 Å². The number of thiophene rings is 2. The first kappa shape index (κ1) is 28.8. The number of ether oxygens (including phenoxy) is 2. The van der Waals surface area contributed by atoms with Crippen LogP contribution < -0.4 is 20.7 Å². The lowest BCUT2D eigenvalue weighted by Crippen LogP contribution is -2.22. The minimum atomic E-state index is -0.348. The van der Waals surface area contributed by atoms with Crippen molar-refractivity contribution >= 4 is 61.9 Å². The summed E-state index contributed by atoms with van der Waals surface area (Å²) in [6, 6.07) is 26.4. The highest BCUT2D eigenvalue weighted by atomic mass is 32.1. The molecule has 3 N–H and O–H groups in total. The molecule has 2 aromatic heterocycles. The fourth-order valence-electron chi connectivity index (χ4n) is 4.22. The molecule has 0 spiro atoms. The van der Waals surface area contributed by atoms with E-state index < -0.39 is 0 Å². The molecule has 3 aromatic carbocycles. The number of anilines is 2. The van der Waals surface area contributed by atoms with Crippen molar-refractivity contribution in [1.82, 2.24) is 5.32 Å². The third kappa shape index (κ3) is 7.34. The normalized spacial score (nSPS) is 10.7. The van der Waals surface area contributed by atoms with Gasteiger partial charge in [0.25, 0.3) is 11.8 Å². The van der Waals surface area contributed by atoms with Crippen molar-refractivity contribution in [3.8, 4) is 5.75 Å². The molecule has 5 aromatic rings. The largest absolute Gasteiger partial charge is 0.487 e. The number of carbonyl (C=O) groups excluding carboxylic acids is 3. The summed E-state index contributed by atoms with van der Waals surface area (Å²) in [5.74, 6) is -0.312. The number of amides is 2. The van der Waals surface area contributed by atoms with E-state index in [0.717, 1.165) is 21.2 Å². The Morgan fingerprint density at radius 1 is 0.833 bits per heavy atom. The molecular weight excluding hydrogens is 571 g/mol. The van der Waals surface area contributed by atoms with Gasteiger partial charge in [-0.1, -0.05) is 48.5 Å². The highest BCUT2D eigenvalue weighted by molar-refractivity contribution is 7.21. The summed E-state index contributed by atoms with van der Waals surface area (Å²) in [6.07, 6.45) is 0. The van der Waals surface area contributed by atoms with Gasteiger partial charge in [-0.3, -0.25) is 14.4 Å². The quantitative estimate of drug-likeness (QED) is 0.138. The van der Waals surface area contributed by atoms with Gasteiger partial charge in [0.15, 0.2) is 5.75 Å². The third-order valence-electron chi connectivity index (χ3n) is 6.20. The van der Waals surface area contributed by atoms with E-state index in [1.165, 1.54) is 22.7 Å². The van der Waals surface area contributed by atoms with Crippen LogP contribution in [0.15, 0.2) is 90.3 Å². The standard InChI is InChI=1S/C32H29N3O5S2/c1-2-39-28(36)19-33-23-13-14-26-25(17-23)29(40-20-21-8-4-3-5-9-21)30(42-26)32(38)34-18-22-10-6-11-24(16-22)35-31(37)27-12-7-15-41-27/h3-17,33H,2,18-20H2,1H3,(H,34,38)(H,35,37). The molecule has 0 unspecified atom stereocenters. The monoisotopic (exact) mass is 599 g/mol. The summed E-state index contributed by atoms with van der Waals surface area (Å²) in [4.78, 5) is 38.8. The van der Waals surface area contributed by atoms with Crippen molar-refractivity contribution in [1.29, 1.82) is 0 Å². The number of benzene rings is 3. The summed E-state index contributed by atoms with van der Waals surface area (Å²) < 4.78 is 12.1. The molecule has 2 amide bonds. The zero-order chi connectivity index (χ0) is 29.3. The molecule has 214 valence electrons. The Labute approximate surface area is 251 Å². The fraction of sp³-hybridized carbons (Fsp3) is 0.156. The summed E-state index contributed by atoms with van der Waals surface area (Å²) >= 11 is 2.72. The second-order valence-electron chi connectivity index (χ2n) is 9.22. The molecular formula is C32H29N3O5S2. The van der Waals surface area contributed by atoms with Crippen molar-refractivity contribution in [3.05, 3.63) is 111 Å². The number of nitrogens with one attached hydrogen (secondary N) is 3. The maximum absolute atomic E-state index is 13.5. The van der Waals surface area contributed by atoms with Gasteiger partial charge >= 0.3 is 5.97 Å². The van der Waals surface area contributed by atoms with Gasteiger partial charge < -0.3 is 25.4 Å². The van der Waals surface area contributed by atoms with E-state index in [4.69, 9.17) is 9.47 Å². The van der Waals surface area contributed by atoms with Gasteiger partial charge in [0, 0.05) is 28.0 Å². The lowest BCUT2D eigenvalue weighted by Gasteiger charge is -2.11.